The molecular formula is C14H28O4. The van der Waals surface area contributed by atoms with Gasteiger partial charge in [0.1, 0.15) is 0 Å². The lowest BCUT2D eigenvalue weighted by Gasteiger charge is -2.05. The van der Waals surface area contributed by atoms with E-state index in [1.165, 1.54) is 0 Å². The summed E-state index contributed by atoms with van der Waals surface area (Å²) in [4.78, 5) is 20.9. The fourth-order valence-electron chi connectivity index (χ4n) is 1.34. The smallest absolute Gasteiger partial charge is 0.306 e. The van der Waals surface area contributed by atoms with Gasteiger partial charge in [-0.2, -0.15) is 0 Å². The van der Waals surface area contributed by atoms with E-state index in [4.69, 9.17) is 9.84 Å². The number of carboxylic acid groups (broad SMARTS) is 1. The summed E-state index contributed by atoms with van der Waals surface area (Å²) in [6, 6.07) is 0. The number of carboxylic acids is 1. The van der Waals surface area contributed by atoms with Crippen LogP contribution in [0.3, 0.4) is 0 Å². The number of aliphatic carboxylic acids is 1. The van der Waals surface area contributed by atoms with Crippen LogP contribution in [0, 0.1) is 5.92 Å². The van der Waals surface area contributed by atoms with Crippen molar-refractivity contribution >= 4 is 11.9 Å². The van der Waals surface area contributed by atoms with Gasteiger partial charge in [0.05, 0.1) is 12.5 Å². The van der Waals surface area contributed by atoms with Crippen molar-refractivity contribution in [3.8, 4) is 0 Å². The highest BCUT2D eigenvalue weighted by atomic mass is 16.5. The van der Waals surface area contributed by atoms with Crippen LogP contribution in [0.25, 0.3) is 0 Å². The van der Waals surface area contributed by atoms with Crippen molar-refractivity contribution in [2.45, 2.75) is 66.2 Å². The fraction of sp³-hybridized carbons (Fsp3) is 0.857. The predicted molar refractivity (Wildman–Crippen MR) is 72.5 cm³/mol. The van der Waals surface area contributed by atoms with Gasteiger partial charge in [-0.25, -0.2) is 0 Å². The van der Waals surface area contributed by atoms with Crippen LogP contribution in [0.4, 0.5) is 0 Å². The molecule has 1 N–H and O–H groups in total. The minimum absolute atomic E-state index is 0.0700. The molecule has 0 saturated heterocycles. The average molecular weight is 260 g/mol. The molecular weight excluding hydrogens is 232 g/mol. The van der Waals surface area contributed by atoms with Gasteiger partial charge in [0.25, 0.3) is 0 Å². The number of hydrogen-bond acceptors (Lipinski definition) is 3. The number of ether oxygens (including phenoxy) is 1. The van der Waals surface area contributed by atoms with Gasteiger partial charge in [-0.1, -0.05) is 34.1 Å². The van der Waals surface area contributed by atoms with Crippen molar-refractivity contribution in [3.05, 3.63) is 0 Å². The second kappa shape index (κ2) is 14.0. The maximum absolute atomic E-state index is 10.6. The number of rotatable bonds is 8. The summed E-state index contributed by atoms with van der Waals surface area (Å²) in [5.74, 6) is -0.839. The summed E-state index contributed by atoms with van der Waals surface area (Å²) >= 11 is 0. The highest BCUT2D eigenvalue weighted by molar-refractivity contribution is 5.69. The van der Waals surface area contributed by atoms with Crippen molar-refractivity contribution in [1.82, 2.24) is 0 Å². The van der Waals surface area contributed by atoms with Gasteiger partial charge in [-0.15, -0.1) is 0 Å². The molecule has 0 aliphatic rings. The Labute approximate surface area is 111 Å². The Hall–Kier alpha value is -1.06. The maximum Gasteiger partial charge on any atom is 0.306 e. The summed E-state index contributed by atoms with van der Waals surface area (Å²) in [6.45, 7) is 8.44. The molecule has 0 saturated carbocycles. The molecule has 0 fully saturated rings. The lowest BCUT2D eigenvalue weighted by molar-refractivity contribution is -0.144. The van der Waals surface area contributed by atoms with E-state index in [9.17, 15) is 9.59 Å². The Balaban J connectivity index is 0. The van der Waals surface area contributed by atoms with Crippen LogP contribution in [-0.2, 0) is 14.3 Å². The van der Waals surface area contributed by atoms with E-state index < -0.39 is 5.97 Å². The Morgan fingerprint density at radius 1 is 1.06 bits per heavy atom. The Kier molecular flexibility index (Phi) is 15.0. The SMILES string of the molecule is CCCC(CC)C(=O)O.CCCOC(=O)CCC. The molecule has 0 aromatic carbocycles. The first-order valence-corrected chi connectivity index (χ1v) is 6.91. The molecule has 0 aromatic heterocycles. The normalized spacial score (nSPS) is 11.1. The van der Waals surface area contributed by atoms with Crippen LogP contribution in [0.5, 0.6) is 0 Å². The summed E-state index contributed by atoms with van der Waals surface area (Å²) < 4.78 is 4.79. The lowest BCUT2D eigenvalue weighted by atomic mass is 10.0. The average Bonchev–Trinajstić information content (AvgIpc) is 2.34. The van der Waals surface area contributed by atoms with Gasteiger partial charge in [0.2, 0.25) is 0 Å². The summed E-state index contributed by atoms with van der Waals surface area (Å²) in [5.41, 5.74) is 0. The molecule has 0 aromatic rings. The largest absolute Gasteiger partial charge is 0.481 e. The topological polar surface area (TPSA) is 63.6 Å². The van der Waals surface area contributed by atoms with Gasteiger partial charge in [0.15, 0.2) is 0 Å². The van der Waals surface area contributed by atoms with Crippen molar-refractivity contribution in [2.75, 3.05) is 6.61 Å². The molecule has 0 aliphatic heterocycles. The minimum atomic E-state index is -0.653. The van der Waals surface area contributed by atoms with Crippen molar-refractivity contribution in [1.29, 1.82) is 0 Å². The van der Waals surface area contributed by atoms with Crippen LogP contribution < -0.4 is 0 Å². The summed E-state index contributed by atoms with van der Waals surface area (Å²) in [5, 5.41) is 8.50. The molecule has 1 atom stereocenters. The molecule has 0 heterocycles. The molecule has 108 valence electrons. The molecule has 0 rings (SSSR count). The quantitative estimate of drug-likeness (QED) is 0.677. The molecule has 0 radical (unpaired) electrons. The molecule has 18 heavy (non-hydrogen) atoms. The molecule has 1 unspecified atom stereocenters. The van der Waals surface area contributed by atoms with E-state index in [1.807, 2.05) is 27.7 Å². The maximum atomic E-state index is 10.6. The van der Waals surface area contributed by atoms with Crippen molar-refractivity contribution in [3.63, 3.8) is 0 Å². The van der Waals surface area contributed by atoms with Gasteiger partial charge >= 0.3 is 11.9 Å². The monoisotopic (exact) mass is 260 g/mol. The van der Waals surface area contributed by atoms with Crippen molar-refractivity contribution in [2.24, 2.45) is 5.92 Å². The molecule has 4 heteroatoms. The van der Waals surface area contributed by atoms with E-state index in [0.717, 1.165) is 32.1 Å². The highest BCUT2D eigenvalue weighted by Gasteiger charge is 2.12. The minimum Gasteiger partial charge on any atom is -0.481 e. The zero-order valence-electron chi connectivity index (χ0n) is 12.2. The van der Waals surface area contributed by atoms with Gasteiger partial charge in [-0.05, 0) is 25.7 Å². The Bertz CT molecular complexity index is 212. The second-order valence-corrected chi connectivity index (χ2v) is 4.20. The third-order valence-electron chi connectivity index (χ3n) is 2.40. The molecule has 0 aliphatic carbocycles. The standard InChI is InChI=1S/2C7H14O2/c1-3-5-7(8)9-6-4-2;1-3-5-6(4-2)7(8)9/h3-6H2,1-2H3;6H,3-5H2,1-2H3,(H,8,9). The van der Waals surface area contributed by atoms with Crippen LogP contribution in [0.1, 0.15) is 66.2 Å². The zero-order chi connectivity index (χ0) is 14.4. The number of hydrogen-bond donors (Lipinski definition) is 1. The van der Waals surface area contributed by atoms with Gasteiger partial charge in [-0.3, -0.25) is 9.59 Å². The van der Waals surface area contributed by atoms with E-state index in [2.05, 4.69) is 0 Å². The molecule has 0 bridgehead atoms. The predicted octanol–water partition coefficient (Wildman–Crippen LogP) is 3.64. The zero-order valence-corrected chi connectivity index (χ0v) is 12.2. The fourth-order valence-corrected chi connectivity index (χ4v) is 1.34. The van der Waals surface area contributed by atoms with Crippen molar-refractivity contribution < 1.29 is 19.4 Å². The first kappa shape index (κ1) is 19.3. The molecule has 0 spiro atoms. The summed E-state index contributed by atoms with van der Waals surface area (Å²) in [6.07, 6.45) is 4.87. The molecule has 0 amide bonds. The second-order valence-electron chi connectivity index (χ2n) is 4.20. The first-order chi connectivity index (χ1) is 8.53. The Morgan fingerprint density at radius 3 is 1.94 bits per heavy atom. The Morgan fingerprint density at radius 2 is 1.67 bits per heavy atom. The van der Waals surface area contributed by atoms with Gasteiger partial charge < -0.3 is 9.84 Å². The van der Waals surface area contributed by atoms with Gasteiger partial charge in [0, 0.05) is 6.42 Å². The third kappa shape index (κ3) is 13.0. The van der Waals surface area contributed by atoms with Crippen LogP contribution >= 0.6 is 0 Å². The van der Waals surface area contributed by atoms with E-state index in [-0.39, 0.29) is 11.9 Å². The van der Waals surface area contributed by atoms with E-state index in [0.29, 0.717) is 13.0 Å². The van der Waals surface area contributed by atoms with Crippen LogP contribution in [-0.4, -0.2) is 23.7 Å². The summed E-state index contributed by atoms with van der Waals surface area (Å²) in [7, 11) is 0. The highest BCUT2D eigenvalue weighted by Crippen LogP contribution is 2.09. The molecule has 4 nitrogen and oxygen atoms in total. The lowest BCUT2D eigenvalue weighted by Crippen LogP contribution is -2.11. The van der Waals surface area contributed by atoms with Crippen LogP contribution in [0.2, 0.25) is 0 Å². The van der Waals surface area contributed by atoms with E-state index >= 15 is 0 Å². The number of carbonyl (C=O) groups is 2. The first-order valence-electron chi connectivity index (χ1n) is 6.91. The van der Waals surface area contributed by atoms with Crippen LogP contribution in [0.15, 0.2) is 0 Å². The third-order valence-corrected chi connectivity index (χ3v) is 2.40. The number of carbonyl (C=O) groups excluding carboxylic acids is 1. The van der Waals surface area contributed by atoms with E-state index in [1.54, 1.807) is 0 Å². The number of esters is 1.